The van der Waals surface area contributed by atoms with Crippen molar-refractivity contribution >= 4 is 27.8 Å². The molecular weight excluding hydrogens is 348 g/mol. The lowest BCUT2D eigenvalue weighted by molar-refractivity contribution is -0.136. The molecule has 2 rings (SSSR count). The number of carbonyl (C=O) groups is 2. The van der Waals surface area contributed by atoms with Crippen molar-refractivity contribution in [2.75, 3.05) is 13.7 Å². The van der Waals surface area contributed by atoms with Gasteiger partial charge in [-0.15, -0.1) is 0 Å². The van der Waals surface area contributed by atoms with Crippen LogP contribution in [0, 0.1) is 5.92 Å². The van der Waals surface area contributed by atoms with Crippen molar-refractivity contribution in [1.82, 2.24) is 9.88 Å². The number of ether oxygens (including phenoxy) is 1. The Hall–Kier alpha value is -1.43. The van der Waals surface area contributed by atoms with Gasteiger partial charge in [0.05, 0.1) is 5.56 Å². The van der Waals surface area contributed by atoms with Crippen LogP contribution in [0.15, 0.2) is 22.9 Å². The van der Waals surface area contributed by atoms with Gasteiger partial charge in [-0.05, 0) is 53.6 Å². The number of amides is 1. The lowest BCUT2D eigenvalue weighted by Gasteiger charge is -2.33. The number of esters is 1. The van der Waals surface area contributed by atoms with Crippen molar-refractivity contribution < 1.29 is 14.3 Å². The van der Waals surface area contributed by atoms with Crippen LogP contribution in [-0.4, -0.2) is 41.5 Å². The average Bonchev–Trinajstić information content (AvgIpc) is 2.52. The Morgan fingerprint density at radius 1 is 1.32 bits per heavy atom. The Morgan fingerprint density at radius 3 is 2.64 bits per heavy atom. The van der Waals surface area contributed by atoms with E-state index >= 15 is 0 Å². The molecule has 1 fully saturated rings. The number of hydrogen-bond donors (Lipinski definition) is 0. The maximum absolute atomic E-state index is 12.2. The first-order valence-corrected chi connectivity index (χ1v) is 8.30. The quantitative estimate of drug-likeness (QED) is 0.766. The third-order valence-electron chi connectivity index (χ3n) is 4.19. The van der Waals surface area contributed by atoms with Gasteiger partial charge in [0.25, 0.3) is 5.91 Å². The summed E-state index contributed by atoms with van der Waals surface area (Å²) in [4.78, 5) is 29.7. The van der Waals surface area contributed by atoms with E-state index in [-0.39, 0.29) is 18.6 Å². The minimum Gasteiger partial charge on any atom is -0.452 e. The minimum absolute atomic E-state index is 0.157. The molecular formula is C16H21BrN2O3. The summed E-state index contributed by atoms with van der Waals surface area (Å²) < 4.78 is 5.78. The maximum atomic E-state index is 12.2. The van der Waals surface area contributed by atoms with E-state index in [1.807, 2.05) is 0 Å². The second-order valence-corrected chi connectivity index (χ2v) is 6.80. The maximum Gasteiger partial charge on any atom is 0.340 e. The number of pyridine rings is 1. The summed E-state index contributed by atoms with van der Waals surface area (Å²) >= 11 is 3.25. The predicted octanol–water partition coefficient (Wildman–Crippen LogP) is 3.04. The van der Waals surface area contributed by atoms with Crippen LogP contribution in [0.1, 0.15) is 43.0 Å². The zero-order valence-corrected chi connectivity index (χ0v) is 14.5. The largest absolute Gasteiger partial charge is 0.452 e. The van der Waals surface area contributed by atoms with Crippen LogP contribution in [0.3, 0.4) is 0 Å². The van der Waals surface area contributed by atoms with E-state index in [0.29, 0.717) is 10.0 Å². The number of hydrogen-bond acceptors (Lipinski definition) is 4. The third kappa shape index (κ3) is 4.53. The van der Waals surface area contributed by atoms with E-state index in [0.717, 1.165) is 31.6 Å². The first-order valence-electron chi connectivity index (χ1n) is 7.50. The minimum atomic E-state index is -0.534. The molecule has 1 aromatic rings. The van der Waals surface area contributed by atoms with Gasteiger partial charge in [0.2, 0.25) is 0 Å². The monoisotopic (exact) mass is 368 g/mol. The summed E-state index contributed by atoms with van der Waals surface area (Å²) in [7, 11) is 1.79. The number of halogens is 1. The molecule has 0 aliphatic heterocycles. The molecule has 0 aromatic carbocycles. The lowest BCUT2D eigenvalue weighted by atomic mass is 9.87. The molecule has 0 spiro atoms. The van der Waals surface area contributed by atoms with E-state index in [1.165, 1.54) is 6.20 Å². The Morgan fingerprint density at radius 2 is 2.00 bits per heavy atom. The Balaban J connectivity index is 1.83. The number of carbonyl (C=O) groups excluding carboxylic acids is 2. The van der Waals surface area contributed by atoms with E-state index in [2.05, 4.69) is 27.8 Å². The van der Waals surface area contributed by atoms with Gasteiger partial charge in [-0.2, -0.15) is 0 Å². The normalized spacial score (nSPS) is 21.2. The van der Waals surface area contributed by atoms with Crippen LogP contribution < -0.4 is 0 Å². The lowest BCUT2D eigenvalue weighted by Crippen LogP contribution is -2.41. The molecule has 22 heavy (non-hydrogen) atoms. The number of likely N-dealkylation sites (N-methyl/N-ethyl adjacent to an activating group) is 1. The van der Waals surface area contributed by atoms with Crippen LogP contribution in [0.4, 0.5) is 0 Å². The van der Waals surface area contributed by atoms with Crippen molar-refractivity contribution in [3.05, 3.63) is 28.5 Å². The molecule has 1 aliphatic rings. The molecule has 0 N–H and O–H groups in total. The standard InChI is InChI=1S/C16H21BrN2O3/c1-11-3-5-14(6-4-11)19(2)15(20)10-22-16(21)12-7-13(17)9-18-8-12/h7-9,11,14H,3-6,10H2,1-2H3. The molecule has 1 aromatic heterocycles. The molecule has 6 heteroatoms. The molecule has 1 aliphatic carbocycles. The number of aromatic nitrogens is 1. The second kappa shape index (κ2) is 7.72. The van der Waals surface area contributed by atoms with E-state index < -0.39 is 5.97 Å². The summed E-state index contributed by atoms with van der Waals surface area (Å²) in [6.45, 7) is 2.01. The van der Waals surface area contributed by atoms with Crippen molar-refractivity contribution in [1.29, 1.82) is 0 Å². The van der Waals surface area contributed by atoms with Gasteiger partial charge in [-0.3, -0.25) is 9.78 Å². The molecule has 120 valence electrons. The van der Waals surface area contributed by atoms with Gasteiger partial charge >= 0.3 is 5.97 Å². The number of nitrogens with zero attached hydrogens (tertiary/aromatic N) is 2. The van der Waals surface area contributed by atoms with Gasteiger partial charge in [-0.1, -0.05) is 6.92 Å². The fraction of sp³-hybridized carbons (Fsp3) is 0.562. The Labute approximate surface area is 139 Å². The van der Waals surface area contributed by atoms with E-state index in [4.69, 9.17) is 4.74 Å². The van der Waals surface area contributed by atoms with Crippen molar-refractivity contribution in [3.63, 3.8) is 0 Å². The molecule has 0 saturated heterocycles. The highest BCUT2D eigenvalue weighted by Gasteiger charge is 2.25. The highest BCUT2D eigenvalue weighted by atomic mass is 79.9. The van der Waals surface area contributed by atoms with Crippen molar-refractivity contribution in [2.24, 2.45) is 5.92 Å². The summed E-state index contributed by atoms with van der Waals surface area (Å²) in [6.07, 6.45) is 7.33. The fourth-order valence-corrected chi connectivity index (χ4v) is 3.03. The van der Waals surface area contributed by atoms with Crippen LogP contribution in [-0.2, 0) is 9.53 Å². The Kier molecular flexibility index (Phi) is 5.94. The summed E-state index contributed by atoms with van der Waals surface area (Å²) in [5, 5.41) is 0. The van der Waals surface area contributed by atoms with Gasteiger partial charge in [-0.25, -0.2) is 4.79 Å². The second-order valence-electron chi connectivity index (χ2n) is 5.89. The third-order valence-corrected chi connectivity index (χ3v) is 4.63. The molecule has 5 nitrogen and oxygen atoms in total. The topological polar surface area (TPSA) is 59.5 Å². The zero-order chi connectivity index (χ0) is 16.1. The van der Waals surface area contributed by atoms with Crippen LogP contribution in [0.5, 0.6) is 0 Å². The number of rotatable bonds is 4. The molecule has 0 bridgehead atoms. The first-order chi connectivity index (χ1) is 10.5. The first kappa shape index (κ1) is 16.9. The zero-order valence-electron chi connectivity index (χ0n) is 12.9. The van der Waals surface area contributed by atoms with Gasteiger partial charge in [0.15, 0.2) is 6.61 Å². The summed E-state index contributed by atoms with van der Waals surface area (Å²) in [5.41, 5.74) is 0.330. The van der Waals surface area contributed by atoms with Crippen LogP contribution in [0.25, 0.3) is 0 Å². The van der Waals surface area contributed by atoms with Gasteiger partial charge < -0.3 is 9.64 Å². The molecule has 0 unspecified atom stereocenters. The van der Waals surface area contributed by atoms with Crippen molar-refractivity contribution in [3.8, 4) is 0 Å². The molecule has 1 saturated carbocycles. The highest BCUT2D eigenvalue weighted by Crippen LogP contribution is 2.26. The van der Waals surface area contributed by atoms with E-state index in [9.17, 15) is 9.59 Å². The fourth-order valence-electron chi connectivity index (χ4n) is 2.67. The van der Waals surface area contributed by atoms with Crippen LogP contribution in [0.2, 0.25) is 0 Å². The Bertz CT molecular complexity index is 542. The average molecular weight is 369 g/mol. The predicted molar refractivity (Wildman–Crippen MR) is 86.4 cm³/mol. The SMILES string of the molecule is CC1CCC(N(C)C(=O)COC(=O)c2cncc(Br)c2)CC1. The summed E-state index contributed by atoms with van der Waals surface area (Å²) in [5.74, 6) is 0.0466. The smallest absolute Gasteiger partial charge is 0.340 e. The van der Waals surface area contributed by atoms with E-state index in [1.54, 1.807) is 24.2 Å². The van der Waals surface area contributed by atoms with Crippen LogP contribution >= 0.6 is 15.9 Å². The summed E-state index contributed by atoms with van der Waals surface area (Å²) in [6, 6.07) is 1.88. The molecule has 0 atom stereocenters. The van der Waals surface area contributed by atoms with Gasteiger partial charge in [0.1, 0.15) is 0 Å². The molecule has 1 heterocycles. The molecule has 1 amide bonds. The van der Waals surface area contributed by atoms with Gasteiger partial charge in [0, 0.05) is 30.0 Å². The highest BCUT2D eigenvalue weighted by molar-refractivity contribution is 9.10. The molecule has 0 radical (unpaired) electrons. The van der Waals surface area contributed by atoms with Crippen molar-refractivity contribution in [2.45, 2.75) is 38.6 Å².